The van der Waals surface area contributed by atoms with Gasteiger partial charge in [0.1, 0.15) is 5.75 Å². The molecule has 0 saturated heterocycles. The SMILES string of the molecule is CCOc1cccc(C2C(C(=O)OC)=C(C)Nc3nc4ccccc4n32)c1. The van der Waals surface area contributed by atoms with Crippen molar-refractivity contribution in [1.29, 1.82) is 0 Å². The number of carbonyl (C=O) groups excluding carboxylic acids is 1. The lowest BCUT2D eigenvalue weighted by Crippen LogP contribution is -2.28. The summed E-state index contributed by atoms with van der Waals surface area (Å²) in [5, 5.41) is 3.25. The van der Waals surface area contributed by atoms with E-state index in [1.165, 1.54) is 7.11 Å². The zero-order valence-corrected chi connectivity index (χ0v) is 15.5. The number of nitrogens with zero attached hydrogens (tertiary/aromatic N) is 2. The van der Waals surface area contributed by atoms with Gasteiger partial charge in [0.05, 0.1) is 36.4 Å². The van der Waals surface area contributed by atoms with E-state index in [1.54, 1.807) is 0 Å². The normalized spacial score (nSPS) is 16.0. The summed E-state index contributed by atoms with van der Waals surface area (Å²) in [6.07, 6.45) is 0. The lowest BCUT2D eigenvalue weighted by Gasteiger charge is -2.30. The molecule has 0 saturated carbocycles. The van der Waals surface area contributed by atoms with Crippen LogP contribution in [0.25, 0.3) is 11.0 Å². The number of anilines is 1. The first-order valence-corrected chi connectivity index (χ1v) is 8.90. The fourth-order valence-corrected chi connectivity index (χ4v) is 3.59. The number of imidazole rings is 1. The molecule has 6 heteroatoms. The van der Waals surface area contributed by atoms with Crippen LogP contribution < -0.4 is 10.1 Å². The highest BCUT2D eigenvalue weighted by Gasteiger charge is 2.34. The molecule has 1 aliphatic heterocycles. The summed E-state index contributed by atoms with van der Waals surface area (Å²) in [6.45, 7) is 4.39. The van der Waals surface area contributed by atoms with E-state index in [9.17, 15) is 4.79 Å². The smallest absolute Gasteiger partial charge is 0.337 e. The number of para-hydroxylation sites is 2. The zero-order chi connectivity index (χ0) is 19.0. The molecule has 6 nitrogen and oxygen atoms in total. The Morgan fingerprint density at radius 2 is 2.04 bits per heavy atom. The van der Waals surface area contributed by atoms with E-state index >= 15 is 0 Å². The van der Waals surface area contributed by atoms with Gasteiger partial charge in [-0.25, -0.2) is 9.78 Å². The van der Waals surface area contributed by atoms with Crippen LogP contribution in [-0.2, 0) is 9.53 Å². The van der Waals surface area contributed by atoms with Crippen molar-refractivity contribution in [3.8, 4) is 5.75 Å². The minimum absolute atomic E-state index is 0.360. The topological polar surface area (TPSA) is 65.4 Å². The van der Waals surface area contributed by atoms with E-state index in [0.717, 1.165) is 28.0 Å². The molecule has 2 aromatic carbocycles. The van der Waals surface area contributed by atoms with E-state index < -0.39 is 0 Å². The van der Waals surface area contributed by atoms with Crippen molar-refractivity contribution in [2.45, 2.75) is 19.9 Å². The van der Waals surface area contributed by atoms with Crippen LogP contribution in [0.1, 0.15) is 25.5 Å². The van der Waals surface area contributed by atoms with Gasteiger partial charge in [-0.15, -0.1) is 0 Å². The highest BCUT2D eigenvalue weighted by Crippen LogP contribution is 2.40. The fraction of sp³-hybridized carbons (Fsp3) is 0.238. The molecule has 0 amide bonds. The lowest BCUT2D eigenvalue weighted by molar-refractivity contribution is -0.136. The molecule has 0 fully saturated rings. The van der Waals surface area contributed by atoms with E-state index in [1.807, 2.05) is 66.9 Å². The molecule has 0 spiro atoms. The minimum Gasteiger partial charge on any atom is -0.494 e. The molecule has 138 valence electrons. The van der Waals surface area contributed by atoms with Gasteiger partial charge in [-0.1, -0.05) is 24.3 Å². The number of hydrogen-bond donors (Lipinski definition) is 1. The van der Waals surface area contributed by atoms with Crippen LogP contribution in [0.15, 0.2) is 59.8 Å². The van der Waals surface area contributed by atoms with Crippen LogP contribution in [0.5, 0.6) is 5.75 Å². The molecule has 1 unspecified atom stereocenters. The molecule has 1 N–H and O–H groups in total. The summed E-state index contributed by atoms with van der Waals surface area (Å²) in [6, 6.07) is 15.3. The van der Waals surface area contributed by atoms with Crippen LogP contribution >= 0.6 is 0 Å². The molecule has 4 rings (SSSR count). The van der Waals surface area contributed by atoms with E-state index in [-0.39, 0.29) is 12.0 Å². The van der Waals surface area contributed by atoms with E-state index in [0.29, 0.717) is 18.1 Å². The van der Waals surface area contributed by atoms with Crippen molar-refractivity contribution in [2.75, 3.05) is 19.0 Å². The summed E-state index contributed by atoms with van der Waals surface area (Å²) in [4.78, 5) is 17.3. The van der Waals surface area contributed by atoms with Crippen LogP contribution in [0.3, 0.4) is 0 Å². The highest BCUT2D eigenvalue weighted by molar-refractivity contribution is 5.94. The van der Waals surface area contributed by atoms with Crippen LogP contribution in [0, 0.1) is 0 Å². The Bertz CT molecular complexity index is 1050. The van der Waals surface area contributed by atoms with Crippen LogP contribution in [0.2, 0.25) is 0 Å². The van der Waals surface area contributed by atoms with Gasteiger partial charge in [0.15, 0.2) is 0 Å². The largest absolute Gasteiger partial charge is 0.494 e. The number of carbonyl (C=O) groups is 1. The van der Waals surface area contributed by atoms with Crippen molar-refractivity contribution in [1.82, 2.24) is 9.55 Å². The average molecular weight is 363 g/mol. The first kappa shape index (κ1) is 17.1. The van der Waals surface area contributed by atoms with E-state index in [2.05, 4.69) is 5.32 Å². The Labute approximate surface area is 157 Å². The zero-order valence-electron chi connectivity index (χ0n) is 15.5. The van der Waals surface area contributed by atoms with Gasteiger partial charge in [-0.05, 0) is 43.7 Å². The van der Waals surface area contributed by atoms with Gasteiger partial charge < -0.3 is 14.8 Å². The van der Waals surface area contributed by atoms with Crippen LogP contribution in [-0.4, -0.2) is 29.2 Å². The maximum Gasteiger partial charge on any atom is 0.337 e. The third-order valence-corrected chi connectivity index (χ3v) is 4.72. The molecule has 0 bridgehead atoms. The number of benzene rings is 2. The quantitative estimate of drug-likeness (QED) is 0.712. The molecule has 1 aromatic heterocycles. The standard InChI is InChI=1S/C21H21N3O3/c1-4-27-15-9-7-8-14(12-15)19-18(20(25)26-3)13(2)22-21-23-16-10-5-6-11-17(16)24(19)21/h5-12,19H,4H2,1-3H3,(H,22,23). The number of aromatic nitrogens is 2. The summed E-state index contributed by atoms with van der Waals surface area (Å²) in [5.74, 6) is 1.10. The average Bonchev–Trinajstić information content (AvgIpc) is 3.04. The number of nitrogens with one attached hydrogen (secondary N) is 1. The molecule has 27 heavy (non-hydrogen) atoms. The lowest BCUT2D eigenvalue weighted by atomic mass is 9.95. The second-order valence-corrected chi connectivity index (χ2v) is 6.36. The first-order valence-electron chi connectivity index (χ1n) is 8.90. The van der Waals surface area contributed by atoms with Gasteiger partial charge in [-0.2, -0.15) is 0 Å². The third-order valence-electron chi connectivity index (χ3n) is 4.72. The summed E-state index contributed by atoms with van der Waals surface area (Å²) in [5.41, 5.74) is 4.04. The predicted molar refractivity (Wildman–Crippen MR) is 104 cm³/mol. The van der Waals surface area contributed by atoms with Crippen LogP contribution in [0.4, 0.5) is 5.95 Å². The fourth-order valence-electron chi connectivity index (χ4n) is 3.59. The van der Waals surface area contributed by atoms with Gasteiger partial charge in [0, 0.05) is 5.70 Å². The maximum absolute atomic E-state index is 12.7. The van der Waals surface area contributed by atoms with Crippen molar-refractivity contribution < 1.29 is 14.3 Å². The Balaban J connectivity index is 1.97. The number of fused-ring (bicyclic) bond motifs is 3. The minimum atomic E-state index is -0.366. The number of allylic oxidation sites excluding steroid dienone is 1. The molecule has 2 heterocycles. The second-order valence-electron chi connectivity index (χ2n) is 6.36. The monoisotopic (exact) mass is 363 g/mol. The Morgan fingerprint density at radius 3 is 2.81 bits per heavy atom. The van der Waals surface area contributed by atoms with Gasteiger partial charge in [0.2, 0.25) is 5.95 Å². The number of ether oxygens (including phenoxy) is 2. The van der Waals surface area contributed by atoms with Crippen molar-refractivity contribution >= 4 is 23.0 Å². The van der Waals surface area contributed by atoms with E-state index in [4.69, 9.17) is 14.5 Å². The molecule has 0 aliphatic carbocycles. The number of methoxy groups -OCH3 is 1. The number of hydrogen-bond acceptors (Lipinski definition) is 5. The molecular weight excluding hydrogens is 342 g/mol. The predicted octanol–water partition coefficient (Wildman–Crippen LogP) is 3.90. The maximum atomic E-state index is 12.7. The molecule has 1 aliphatic rings. The molecule has 1 atom stereocenters. The van der Waals surface area contributed by atoms with Crippen molar-refractivity contribution in [2.24, 2.45) is 0 Å². The summed E-state index contributed by atoms with van der Waals surface area (Å²) < 4.78 is 12.8. The molecule has 0 radical (unpaired) electrons. The Kier molecular flexibility index (Phi) is 4.32. The highest BCUT2D eigenvalue weighted by atomic mass is 16.5. The van der Waals surface area contributed by atoms with Crippen molar-refractivity contribution in [3.05, 3.63) is 65.4 Å². The van der Waals surface area contributed by atoms with Gasteiger partial charge in [-0.3, -0.25) is 4.57 Å². The Morgan fingerprint density at radius 1 is 1.22 bits per heavy atom. The number of esters is 1. The number of rotatable bonds is 4. The van der Waals surface area contributed by atoms with Crippen molar-refractivity contribution in [3.63, 3.8) is 0 Å². The molecule has 3 aromatic rings. The Hall–Kier alpha value is -3.28. The molecular formula is C21H21N3O3. The third kappa shape index (κ3) is 2.83. The summed E-state index contributed by atoms with van der Waals surface area (Å²) in [7, 11) is 1.40. The van der Waals surface area contributed by atoms with Gasteiger partial charge >= 0.3 is 5.97 Å². The summed E-state index contributed by atoms with van der Waals surface area (Å²) >= 11 is 0. The first-order chi connectivity index (χ1) is 13.1. The van der Waals surface area contributed by atoms with Gasteiger partial charge in [0.25, 0.3) is 0 Å². The second kappa shape index (κ2) is 6.79.